The fourth-order valence-corrected chi connectivity index (χ4v) is 2.08. The molecule has 0 radical (unpaired) electrons. The topological polar surface area (TPSA) is 25.8 Å². The van der Waals surface area contributed by atoms with Crippen molar-refractivity contribution in [3.63, 3.8) is 0 Å². The first-order valence-corrected chi connectivity index (χ1v) is 5.59. The third kappa shape index (κ3) is 1.91. The van der Waals surface area contributed by atoms with Gasteiger partial charge in [0.1, 0.15) is 11.0 Å². The van der Waals surface area contributed by atoms with Crippen LogP contribution in [0.1, 0.15) is 0 Å². The van der Waals surface area contributed by atoms with Crippen molar-refractivity contribution < 1.29 is 4.39 Å². The van der Waals surface area contributed by atoms with Gasteiger partial charge in [0.2, 0.25) is 5.28 Å². The lowest BCUT2D eigenvalue weighted by molar-refractivity contribution is 0.623. The van der Waals surface area contributed by atoms with Gasteiger partial charge in [-0.25, -0.2) is 14.4 Å². The Labute approximate surface area is 107 Å². The molecule has 0 fully saturated rings. The van der Waals surface area contributed by atoms with Crippen molar-refractivity contribution in [2.24, 2.45) is 0 Å². The minimum Gasteiger partial charge on any atom is -0.216 e. The van der Waals surface area contributed by atoms with Gasteiger partial charge in [-0.3, -0.25) is 0 Å². The van der Waals surface area contributed by atoms with E-state index in [4.69, 9.17) is 34.8 Å². The zero-order valence-corrected chi connectivity index (χ0v) is 10.7. The van der Waals surface area contributed by atoms with Gasteiger partial charge in [-0.1, -0.05) is 23.2 Å². The molecule has 1 aromatic heterocycles. The van der Waals surface area contributed by atoms with Crippen LogP contribution in [-0.2, 0) is 0 Å². The number of rotatable bonds is 0. The summed E-state index contributed by atoms with van der Waals surface area (Å²) in [6.07, 6.45) is 0. The predicted octanol–water partition coefficient (Wildman–Crippen LogP) is 4.49. The van der Waals surface area contributed by atoms with Crippen LogP contribution in [0, 0.1) is 5.82 Å². The zero-order valence-electron chi connectivity index (χ0n) is 6.86. The lowest BCUT2D eigenvalue weighted by Crippen LogP contribution is -1.90. The predicted molar refractivity (Wildman–Crippen MR) is 62.2 cm³/mol. The van der Waals surface area contributed by atoms with Gasteiger partial charge in [0, 0.05) is 5.39 Å². The highest BCUT2D eigenvalue weighted by atomic mass is 79.9. The molecule has 2 rings (SSSR count). The first-order chi connectivity index (χ1) is 7.00. The van der Waals surface area contributed by atoms with Crippen LogP contribution in [-0.4, -0.2) is 9.97 Å². The molecule has 0 saturated carbocycles. The van der Waals surface area contributed by atoms with Crippen molar-refractivity contribution in [3.8, 4) is 0 Å². The zero-order chi connectivity index (χ0) is 11.2. The van der Waals surface area contributed by atoms with Crippen molar-refractivity contribution in [1.82, 2.24) is 9.97 Å². The van der Waals surface area contributed by atoms with Crippen LogP contribution < -0.4 is 0 Å². The molecule has 0 aliphatic carbocycles. The van der Waals surface area contributed by atoms with Crippen molar-refractivity contribution >= 4 is 61.6 Å². The summed E-state index contributed by atoms with van der Waals surface area (Å²) in [6.45, 7) is 0. The number of benzene rings is 1. The number of nitrogens with zero attached hydrogens (tertiary/aromatic N) is 2. The fourth-order valence-electron chi connectivity index (χ4n) is 1.11. The maximum atomic E-state index is 13.3. The van der Waals surface area contributed by atoms with Gasteiger partial charge in [0.15, 0.2) is 0 Å². The van der Waals surface area contributed by atoms with E-state index >= 15 is 0 Å². The second kappa shape index (κ2) is 4.01. The monoisotopic (exact) mass is 328 g/mol. The van der Waals surface area contributed by atoms with Crippen LogP contribution in [0.25, 0.3) is 10.9 Å². The first-order valence-electron chi connectivity index (χ1n) is 3.67. The molecule has 0 aliphatic heterocycles. The second-order valence-electron chi connectivity index (χ2n) is 2.67. The lowest BCUT2D eigenvalue weighted by Gasteiger charge is -2.04. The van der Waals surface area contributed by atoms with E-state index in [2.05, 4.69) is 25.9 Å². The van der Waals surface area contributed by atoms with Crippen molar-refractivity contribution in [2.45, 2.75) is 0 Å². The van der Waals surface area contributed by atoms with E-state index in [1.807, 2.05) is 0 Å². The third-order valence-electron chi connectivity index (χ3n) is 1.75. The minimum atomic E-state index is -0.527. The van der Waals surface area contributed by atoms with Crippen LogP contribution >= 0.6 is 50.7 Å². The summed E-state index contributed by atoms with van der Waals surface area (Å²) in [6, 6.07) is 1.20. The van der Waals surface area contributed by atoms with Crippen molar-refractivity contribution in [3.05, 3.63) is 31.8 Å². The highest BCUT2D eigenvalue weighted by molar-refractivity contribution is 9.10. The molecule has 78 valence electrons. The average molecular weight is 330 g/mol. The standard InChI is InChI=1S/C8HBrCl3FN2/c9-4-3(13)1-2-6(5(4)10)14-8(12)15-7(2)11/h1H. The van der Waals surface area contributed by atoms with Crippen LogP contribution in [0.3, 0.4) is 0 Å². The Kier molecular flexibility index (Phi) is 3.03. The van der Waals surface area contributed by atoms with Crippen LogP contribution in [0.15, 0.2) is 10.5 Å². The summed E-state index contributed by atoms with van der Waals surface area (Å²) in [5.41, 5.74) is 0.315. The first kappa shape index (κ1) is 11.3. The lowest BCUT2D eigenvalue weighted by atomic mass is 10.2. The Morgan fingerprint density at radius 2 is 1.87 bits per heavy atom. The summed E-state index contributed by atoms with van der Waals surface area (Å²) in [5.74, 6) is -0.527. The van der Waals surface area contributed by atoms with E-state index in [1.54, 1.807) is 0 Å². The molecule has 2 nitrogen and oxygen atoms in total. The normalized spacial score (nSPS) is 11.0. The van der Waals surface area contributed by atoms with Crippen molar-refractivity contribution in [1.29, 1.82) is 0 Å². The van der Waals surface area contributed by atoms with Gasteiger partial charge < -0.3 is 0 Å². The molecule has 0 amide bonds. The summed E-state index contributed by atoms with van der Waals surface area (Å²) in [7, 11) is 0. The van der Waals surface area contributed by atoms with Gasteiger partial charge in [0.05, 0.1) is 15.0 Å². The van der Waals surface area contributed by atoms with E-state index < -0.39 is 5.82 Å². The van der Waals surface area contributed by atoms with E-state index in [0.29, 0.717) is 10.9 Å². The van der Waals surface area contributed by atoms with Gasteiger partial charge in [-0.2, -0.15) is 0 Å². The molecule has 0 spiro atoms. The Morgan fingerprint density at radius 3 is 2.53 bits per heavy atom. The van der Waals surface area contributed by atoms with Gasteiger partial charge in [-0.05, 0) is 33.6 Å². The maximum absolute atomic E-state index is 13.3. The molecule has 0 bridgehead atoms. The SMILES string of the molecule is Fc1cc2c(Cl)nc(Cl)nc2c(Cl)c1Br. The molecule has 2 aromatic rings. The molecule has 1 heterocycles. The summed E-state index contributed by atoms with van der Waals surface area (Å²) >= 11 is 20.3. The largest absolute Gasteiger partial charge is 0.224 e. The average Bonchev–Trinajstić information content (AvgIpc) is 2.17. The van der Waals surface area contributed by atoms with Gasteiger partial charge in [0.25, 0.3) is 0 Å². The van der Waals surface area contributed by atoms with E-state index in [1.165, 1.54) is 6.07 Å². The quantitative estimate of drug-likeness (QED) is 0.404. The second-order valence-corrected chi connectivity index (χ2v) is 4.53. The molecule has 0 saturated heterocycles. The van der Waals surface area contributed by atoms with Crippen LogP contribution in [0.5, 0.6) is 0 Å². The number of hydrogen-bond donors (Lipinski definition) is 0. The number of aromatic nitrogens is 2. The van der Waals surface area contributed by atoms with E-state index in [0.717, 1.165) is 0 Å². The Hall–Kier alpha value is -0.160. The Morgan fingerprint density at radius 1 is 1.20 bits per heavy atom. The molecular formula is C8HBrCl3FN2. The number of hydrogen-bond acceptors (Lipinski definition) is 2. The highest BCUT2D eigenvalue weighted by Crippen LogP contribution is 2.35. The Bertz CT molecular complexity index is 561. The van der Waals surface area contributed by atoms with Gasteiger partial charge in [-0.15, -0.1) is 0 Å². The molecule has 0 N–H and O–H groups in total. The molecular weight excluding hydrogens is 329 g/mol. The fraction of sp³-hybridized carbons (Fsp3) is 0. The molecule has 1 aromatic carbocycles. The van der Waals surface area contributed by atoms with Crippen LogP contribution in [0.2, 0.25) is 15.5 Å². The van der Waals surface area contributed by atoms with Crippen molar-refractivity contribution in [2.75, 3.05) is 0 Å². The highest BCUT2D eigenvalue weighted by Gasteiger charge is 2.14. The third-order valence-corrected chi connectivity index (χ3v) is 3.58. The molecule has 15 heavy (non-hydrogen) atoms. The summed E-state index contributed by atoms with van der Waals surface area (Å²) in [4.78, 5) is 7.57. The number of fused-ring (bicyclic) bond motifs is 1. The maximum Gasteiger partial charge on any atom is 0.224 e. The van der Waals surface area contributed by atoms with E-state index in [-0.39, 0.29) is 19.9 Å². The number of halogens is 5. The summed E-state index contributed by atoms with van der Waals surface area (Å²) < 4.78 is 13.4. The van der Waals surface area contributed by atoms with Gasteiger partial charge >= 0.3 is 0 Å². The summed E-state index contributed by atoms with van der Waals surface area (Å²) in [5, 5.41) is 0.481. The molecule has 0 atom stereocenters. The molecule has 0 aliphatic rings. The van der Waals surface area contributed by atoms with Crippen LogP contribution in [0.4, 0.5) is 4.39 Å². The molecule has 7 heteroatoms. The smallest absolute Gasteiger partial charge is 0.216 e. The van der Waals surface area contributed by atoms with E-state index in [9.17, 15) is 4.39 Å². The molecule has 0 unspecified atom stereocenters. The minimum absolute atomic E-state index is 0.0343. The Balaban J connectivity index is 2.98.